The van der Waals surface area contributed by atoms with Crippen LogP contribution in [-0.2, 0) is 9.47 Å². The van der Waals surface area contributed by atoms with Gasteiger partial charge in [0.1, 0.15) is 11.9 Å². The fraction of sp³-hybridized carbons (Fsp3) is 0.417. The quantitative estimate of drug-likeness (QED) is 0.786. The zero-order chi connectivity index (χ0) is 13.5. The molecule has 2 unspecified atom stereocenters. The zero-order valence-electron chi connectivity index (χ0n) is 10.2. The average Bonchev–Trinajstić information content (AvgIpc) is 2.37. The largest absolute Gasteiger partial charge is 0.453 e. The Morgan fingerprint density at radius 1 is 1.44 bits per heavy atom. The predicted octanol–water partition coefficient (Wildman–Crippen LogP) is 1.58. The lowest BCUT2D eigenvalue weighted by Crippen LogP contribution is -2.37. The number of aliphatic hydroxyl groups is 1. The molecule has 0 radical (unpaired) electrons. The van der Waals surface area contributed by atoms with Gasteiger partial charge in [0.25, 0.3) is 0 Å². The Hall–Kier alpha value is -1.66. The van der Waals surface area contributed by atoms with E-state index < -0.39 is 24.2 Å². The molecule has 1 aromatic rings. The van der Waals surface area contributed by atoms with Crippen LogP contribution in [-0.4, -0.2) is 31.2 Å². The smallest absolute Gasteiger partial charge is 0.407 e. The molecule has 1 aromatic carbocycles. The Morgan fingerprint density at radius 3 is 2.56 bits per heavy atom. The second-order valence-electron chi connectivity index (χ2n) is 3.51. The zero-order valence-corrected chi connectivity index (χ0v) is 10.2. The van der Waals surface area contributed by atoms with Crippen LogP contribution in [0.4, 0.5) is 9.18 Å². The monoisotopic (exact) mass is 257 g/mol. The van der Waals surface area contributed by atoms with Gasteiger partial charge in [0, 0.05) is 6.61 Å². The van der Waals surface area contributed by atoms with Crippen LogP contribution in [0.25, 0.3) is 0 Å². The molecule has 0 fully saturated rings. The molecule has 0 saturated heterocycles. The Kier molecular flexibility index (Phi) is 5.54. The molecule has 0 saturated carbocycles. The lowest BCUT2D eigenvalue weighted by atomic mass is 10.1. The second kappa shape index (κ2) is 6.93. The first-order valence-corrected chi connectivity index (χ1v) is 5.48. The van der Waals surface area contributed by atoms with Gasteiger partial charge in [-0.2, -0.15) is 0 Å². The topological polar surface area (TPSA) is 67.8 Å². The highest BCUT2D eigenvalue weighted by molar-refractivity contribution is 5.67. The summed E-state index contributed by atoms with van der Waals surface area (Å²) >= 11 is 0. The van der Waals surface area contributed by atoms with Gasteiger partial charge in [-0.1, -0.05) is 12.1 Å². The maximum atomic E-state index is 12.8. The molecule has 1 rings (SSSR count). The minimum Gasteiger partial charge on any atom is -0.453 e. The van der Waals surface area contributed by atoms with Crippen LogP contribution < -0.4 is 5.32 Å². The lowest BCUT2D eigenvalue weighted by molar-refractivity contribution is -0.116. The number of hydrogen-bond acceptors (Lipinski definition) is 4. The number of carbonyl (C=O) groups is 1. The Morgan fingerprint density at radius 2 is 2.06 bits per heavy atom. The highest BCUT2D eigenvalue weighted by Gasteiger charge is 2.23. The van der Waals surface area contributed by atoms with E-state index in [0.717, 1.165) is 0 Å². The van der Waals surface area contributed by atoms with E-state index >= 15 is 0 Å². The summed E-state index contributed by atoms with van der Waals surface area (Å²) in [5.41, 5.74) is 0.516. The molecule has 0 spiro atoms. The number of nitrogens with one attached hydrogen (secondary N) is 1. The highest BCUT2D eigenvalue weighted by atomic mass is 19.1. The number of aliphatic hydroxyl groups excluding tert-OH is 1. The van der Waals surface area contributed by atoms with E-state index in [4.69, 9.17) is 4.74 Å². The molecule has 0 bridgehead atoms. The van der Waals surface area contributed by atoms with E-state index in [1.165, 1.54) is 31.4 Å². The number of rotatable bonds is 5. The third-order valence-electron chi connectivity index (χ3n) is 2.31. The summed E-state index contributed by atoms with van der Waals surface area (Å²) in [5.74, 6) is -0.401. The number of amides is 1. The van der Waals surface area contributed by atoms with Crippen molar-refractivity contribution >= 4 is 6.09 Å². The molecular weight excluding hydrogens is 241 g/mol. The summed E-state index contributed by atoms with van der Waals surface area (Å²) in [6, 6.07) is 4.56. The molecule has 0 aliphatic rings. The third kappa shape index (κ3) is 3.97. The van der Waals surface area contributed by atoms with Gasteiger partial charge in [0.2, 0.25) is 0 Å². The molecule has 100 valence electrons. The van der Waals surface area contributed by atoms with Crippen molar-refractivity contribution in [1.82, 2.24) is 5.32 Å². The maximum absolute atomic E-state index is 12.8. The van der Waals surface area contributed by atoms with Gasteiger partial charge in [-0.25, -0.2) is 9.18 Å². The molecule has 0 heterocycles. The van der Waals surface area contributed by atoms with Gasteiger partial charge < -0.3 is 19.9 Å². The number of benzene rings is 1. The van der Waals surface area contributed by atoms with E-state index in [-0.39, 0.29) is 6.61 Å². The summed E-state index contributed by atoms with van der Waals surface area (Å²) in [7, 11) is 1.21. The van der Waals surface area contributed by atoms with Crippen LogP contribution in [0.3, 0.4) is 0 Å². The minimum atomic E-state index is -1.24. The molecule has 0 aliphatic carbocycles. The number of ether oxygens (including phenoxy) is 2. The fourth-order valence-electron chi connectivity index (χ4n) is 1.44. The van der Waals surface area contributed by atoms with Crippen LogP contribution in [0.5, 0.6) is 0 Å². The summed E-state index contributed by atoms with van der Waals surface area (Å²) in [5, 5.41) is 12.2. The van der Waals surface area contributed by atoms with Crippen LogP contribution in [0.2, 0.25) is 0 Å². The van der Waals surface area contributed by atoms with Crippen LogP contribution in [0.1, 0.15) is 18.5 Å². The van der Waals surface area contributed by atoms with Crippen molar-refractivity contribution < 1.29 is 23.8 Å². The molecule has 2 atom stereocenters. The predicted molar refractivity (Wildman–Crippen MR) is 62.3 cm³/mol. The van der Waals surface area contributed by atoms with Crippen molar-refractivity contribution in [2.45, 2.75) is 19.3 Å². The van der Waals surface area contributed by atoms with E-state index in [0.29, 0.717) is 5.56 Å². The van der Waals surface area contributed by atoms with Crippen molar-refractivity contribution in [2.75, 3.05) is 13.7 Å². The molecule has 18 heavy (non-hydrogen) atoms. The SMILES string of the molecule is CCOC(O)C(NC(=O)OC)c1ccc(F)cc1. The van der Waals surface area contributed by atoms with Crippen LogP contribution in [0.15, 0.2) is 24.3 Å². The van der Waals surface area contributed by atoms with E-state index in [1.807, 2.05) is 0 Å². The van der Waals surface area contributed by atoms with Gasteiger partial charge in [0.15, 0.2) is 6.29 Å². The first-order chi connectivity index (χ1) is 8.58. The van der Waals surface area contributed by atoms with Crippen molar-refractivity contribution in [3.05, 3.63) is 35.6 Å². The molecule has 5 nitrogen and oxygen atoms in total. The van der Waals surface area contributed by atoms with Gasteiger partial charge in [0.05, 0.1) is 7.11 Å². The van der Waals surface area contributed by atoms with E-state index in [2.05, 4.69) is 10.1 Å². The van der Waals surface area contributed by atoms with Gasteiger partial charge in [-0.05, 0) is 24.6 Å². The Bertz CT molecular complexity index is 382. The summed E-state index contributed by atoms with van der Waals surface area (Å²) in [6.07, 6.45) is -1.94. The van der Waals surface area contributed by atoms with E-state index in [1.54, 1.807) is 6.92 Å². The maximum Gasteiger partial charge on any atom is 0.407 e. The normalized spacial score (nSPS) is 13.8. The third-order valence-corrected chi connectivity index (χ3v) is 2.31. The number of methoxy groups -OCH3 is 1. The standard InChI is InChI=1S/C12H16FNO4/c1-3-18-11(15)10(14-12(16)17-2)8-4-6-9(13)7-5-8/h4-7,10-11,15H,3H2,1-2H3,(H,14,16). The number of hydrogen-bond donors (Lipinski definition) is 2. The number of halogens is 1. The van der Waals surface area contributed by atoms with Crippen molar-refractivity contribution in [1.29, 1.82) is 0 Å². The average molecular weight is 257 g/mol. The fourth-order valence-corrected chi connectivity index (χ4v) is 1.44. The minimum absolute atomic E-state index is 0.279. The summed E-state index contributed by atoms with van der Waals surface area (Å²) in [4.78, 5) is 11.2. The second-order valence-corrected chi connectivity index (χ2v) is 3.51. The first kappa shape index (κ1) is 14.4. The number of alkyl carbamates (subject to hydrolysis) is 1. The molecular formula is C12H16FNO4. The Balaban J connectivity index is 2.88. The van der Waals surface area contributed by atoms with Crippen LogP contribution in [0, 0.1) is 5.82 Å². The lowest BCUT2D eigenvalue weighted by Gasteiger charge is -2.23. The van der Waals surface area contributed by atoms with Gasteiger partial charge in [-0.15, -0.1) is 0 Å². The molecule has 0 aliphatic heterocycles. The van der Waals surface area contributed by atoms with Crippen molar-refractivity contribution in [2.24, 2.45) is 0 Å². The molecule has 2 N–H and O–H groups in total. The van der Waals surface area contributed by atoms with E-state index in [9.17, 15) is 14.3 Å². The van der Waals surface area contributed by atoms with Gasteiger partial charge in [-0.3, -0.25) is 0 Å². The Labute approximate surface area is 105 Å². The van der Waals surface area contributed by atoms with Crippen LogP contribution >= 0.6 is 0 Å². The highest BCUT2D eigenvalue weighted by Crippen LogP contribution is 2.18. The molecule has 6 heteroatoms. The van der Waals surface area contributed by atoms with Crippen molar-refractivity contribution in [3.63, 3.8) is 0 Å². The van der Waals surface area contributed by atoms with Gasteiger partial charge >= 0.3 is 6.09 Å². The van der Waals surface area contributed by atoms with Crippen molar-refractivity contribution in [3.8, 4) is 0 Å². The first-order valence-electron chi connectivity index (χ1n) is 5.48. The summed E-state index contributed by atoms with van der Waals surface area (Å²) in [6.45, 7) is 1.99. The number of carbonyl (C=O) groups excluding carboxylic acids is 1. The molecule has 1 amide bonds. The summed E-state index contributed by atoms with van der Waals surface area (Å²) < 4.78 is 22.3. The molecule has 0 aromatic heterocycles.